The van der Waals surface area contributed by atoms with Gasteiger partial charge in [-0.1, -0.05) is 11.6 Å². The van der Waals surface area contributed by atoms with Gasteiger partial charge in [-0.2, -0.15) is 0 Å². The van der Waals surface area contributed by atoms with E-state index in [4.69, 9.17) is 11.6 Å². The summed E-state index contributed by atoms with van der Waals surface area (Å²) in [5, 5.41) is 3.41. The maximum Gasteiger partial charge on any atom is 0.244 e. The van der Waals surface area contributed by atoms with E-state index in [0.717, 1.165) is 0 Å². The average molecular weight is 271 g/mol. The predicted octanol–water partition coefficient (Wildman–Crippen LogP) is 2.11. The molecule has 0 saturated carbocycles. The fourth-order valence-corrected chi connectivity index (χ4v) is 1.92. The van der Waals surface area contributed by atoms with E-state index in [1.165, 1.54) is 0 Å². The summed E-state index contributed by atoms with van der Waals surface area (Å²) in [6, 6.07) is 1.27. The normalized spacial score (nSPS) is 12.1. The third-order valence-corrected chi connectivity index (χ3v) is 2.81. The molecule has 0 saturated heterocycles. The molecule has 1 N–H and O–H groups in total. The van der Waals surface area contributed by atoms with Gasteiger partial charge in [0.05, 0.1) is 0 Å². The molecule has 0 aliphatic heterocycles. The molecule has 0 aliphatic rings. The Balaban J connectivity index is 2.74. The zero-order chi connectivity index (χ0) is 13.7. The number of carbonyl (C=O) groups is 1. The molecule has 1 amide bonds. The molecule has 5 nitrogen and oxygen atoms in total. The fraction of sp³-hybridized carbons (Fsp3) is 0.583. The molecule has 0 bridgehead atoms. The molecule has 0 fully saturated rings. The van der Waals surface area contributed by atoms with Crippen LogP contribution in [0.5, 0.6) is 0 Å². The van der Waals surface area contributed by atoms with Crippen LogP contribution >= 0.6 is 11.6 Å². The van der Waals surface area contributed by atoms with E-state index in [0.29, 0.717) is 29.9 Å². The number of carbonyl (C=O) groups excluding carboxylic acids is 1. The van der Waals surface area contributed by atoms with Gasteiger partial charge in [0.15, 0.2) is 0 Å². The molecule has 0 spiro atoms. The van der Waals surface area contributed by atoms with Crippen LogP contribution in [0.3, 0.4) is 0 Å². The summed E-state index contributed by atoms with van der Waals surface area (Å²) in [4.78, 5) is 22.0. The Bertz CT molecular complexity index is 400. The predicted molar refractivity (Wildman–Crippen MR) is 72.8 cm³/mol. The Hall–Kier alpha value is -1.36. The molecule has 1 aromatic heterocycles. The van der Waals surface area contributed by atoms with Gasteiger partial charge >= 0.3 is 0 Å². The van der Waals surface area contributed by atoms with Crippen LogP contribution in [-0.2, 0) is 4.79 Å². The Morgan fingerprint density at radius 2 is 2.06 bits per heavy atom. The lowest BCUT2D eigenvalue weighted by Gasteiger charge is -2.23. The van der Waals surface area contributed by atoms with Crippen molar-refractivity contribution in [3.8, 4) is 0 Å². The summed E-state index contributed by atoms with van der Waals surface area (Å²) in [6.45, 7) is 8.88. The number of halogens is 1. The first-order chi connectivity index (χ1) is 8.47. The molecule has 1 unspecified atom stereocenters. The first kappa shape index (κ1) is 14.7. The minimum atomic E-state index is -0.338. The lowest BCUT2D eigenvalue weighted by atomic mass is 10.2. The van der Waals surface area contributed by atoms with Crippen molar-refractivity contribution in [2.24, 2.45) is 0 Å². The van der Waals surface area contributed by atoms with E-state index in [-0.39, 0.29) is 11.9 Å². The van der Waals surface area contributed by atoms with Crippen LogP contribution < -0.4 is 5.32 Å². The van der Waals surface area contributed by atoms with Crippen LogP contribution in [0.1, 0.15) is 26.6 Å². The van der Waals surface area contributed by atoms with Crippen molar-refractivity contribution in [3.05, 3.63) is 17.0 Å². The molecule has 6 heteroatoms. The molecule has 1 heterocycles. The van der Waals surface area contributed by atoms with Gasteiger partial charge in [-0.15, -0.1) is 0 Å². The highest BCUT2D eigenvalue weighted by Crippen LogP contribution is 2.12. The van der Waals surface area contributed by atoms with Gasteiger partial charge in [-0.3, -0.25) is 4.79 Å². The summed E-state index contributed by atoms with van der Waals surface area (Å²) in [6.07, 6.45) is 0. The second-order valence-corrected chi connectivity index (χ2v) is 4.39. The second-order valence-electron chi connectivity index (χ2n) is 4.00. The largest absolute Gasteiger partial charge is 0.358 e. The average Bonchev–Trinajstić information content (AvgIpc) is 2.28. The van der Waals surface area contributed by atoms with Crippen molar-refractivity contribution in [3.63, 3.8) is 0 Å². The van der Waals surface area contributed by atoms with Crippen molar-refractivity contribution >= 4 is 23.3 Å². The minimum absolute atomic E-state index is 0.0485. The van der Waals surface area contributed by atoms with Crippen molar-refractivity contribution < 1.29 is 4.79 Å². The SMILES string of the molecule is CCN(CC)C(=O)C(C)Nc1cc(Cl)nc(C)n1. The Morgan fingerprint density at radius 1 is 1.44 bits per heavy atom. The van der Waals surface area contributed by atoms with E-state index >= 15 is 0 Å². The Kier molecular flexibility index (Phi) is 5.34. The summed E-state index contributed by atoms with van der Waals surface area (Å²) < 4.78 is 0. The number of anilines is 1. The number of nitrogens with zero attached hydrogens (tertiary/aromatic N) is 3. The summed E-state index contributed by atoms with van der Waals surface area (Å²) in [5.41, 5.74) is 0. The first-order valence-electron chi connectivity index (χ1n) is 6.04. The van der Waals surface area contributed by atoms with Crippen molar-refractivity contribution in [1.82, 2.24) is 14.9 Å². The van der Waals surface area contributed by atoms with Crippen LogP contribution in [0.4, 0.5) is 5.82 Å². The highest BCUT2D eigenvalue weighted by molar-refractivity contribution is 6.29. The van der Waals surface area contributed by atoms with Crippen molar-refractivity contribution in [1.29, 1.82) is 0 Å². The van der Waals surface area contributed by atoms with E-state index in [1.807, 2.05) is 20.8 Å². The number of likely N-dealkylation sites (N-methyl/N-ethyl adjacent to an activating group) is 1. The van der Waals surface area contributed by atoms with E-state index < -0.39 is 0 Å². The first-order valence-corrected chi connectivity index (χ1v) is 6.42. The van der Waals surface area contributed by atoms with Crippen LogP contribution in [0.15, 0.2) is 6.07 Å². The van der Waals surface area contributed by atoms with Crippen molar-refractivity contribution in [2.75, 3.05) is 18.4 Å². The van der Waals surface area contributed by atoms with Crippen LogP contribution in [0.25, 0.3) is 0 Å². The van der Waals surface area contributed by atoms with Crippen LogP contribution in [-0.4, -0.2) is 39.9 Å². The van der Waals surface area contributed by atoms with Gasteiger partial charge in [0.2, 0.25) is 5.91 Å². The maximum atomic E-state index is 12.1. The molecular weight excluding hydrogens is 252 g/mol. The highest BCUT2D eigenvalue weighted by Gasteiger charge is 2.18. The standard InChI is InChI=1S/C12H19ClN4O/c1-5-17(6-2)12(18)8(3)14-11-7-10(13)15-9(4)16-11/h7-8H,5-6H2,1-4H3,(H,14,15,16). The quantitative estimate of drug-likeness (QED) is 0.833. The molecule has 0 aliphatic carbocycles. The summed E-state index contributed by atoms with van der Waals surface area (Å²) >= 11 is 5.84. The van der Waals surface area contributed by atoms with Gasteiger partial charge in [0, 0.05) is 19.2 Å². The van der Waals surface area contributed by atoms with E-state index in [2.05, 4.69) is 15.3 Å². The smallest absolute Gasteiger partial charge is 0.244 e. The molecule has 1 aromatic rings. The third kappa shape index (κ3) is 3.84. The molecule has 0 radical (unpaired) electrons. The lowest BCUT2D eigenvalue weighted by molar-refractivity contribution is -0.131. The maximum absolute atomic E-state index is 12.1. The van der Waals surface area contributed by atoms with Gasteiger partial charge in [-0.25, -0.2) is 9.97 Å². The molecule has 0 aromatic carbocycles. The zero-order valence-electron chi connectivity index (χ0n) is 11.2. The monoisotopic (exact) mass is 270 g/mol. The van der Waals surface area contributed by atoms with Gasteiger partial charge in [0.25, 0.3) is 0 Å². The number of aryl methyl sites for hydroxylation is 1. The Morgan fingerprint density at radius 3 is 2.56 bits per heavy atom. The Labute approximate surface area is 113 Å². The fourth-order valence-electron chi connectivity index (χ4n) is 1.70. The van der Waals surface area contributed by atoms with Crippen LogP contribution in [0.2, 0.25) is 5.15 Å². The topological polar surface area (TPSA) is 58.1 Å². The number of rotatable bonds is 5. The summed E-state index contributed by atoms with van der Waals surface area (Å²) in [5.74, 6) is 1.19. The number of aromatic nitrogens is 2. The zero-order valence-corrected chi connectivity index (χ0v) is 12.0. The summed E-state index contributed by atoms with van der Waals surface area (Å²) in [7, 11) is 0. The lowest BCUT2D eigenvalue weighted by Crippen LogP contribution is -2.41. The second kappa shape index (κ2) is 6.54. The number of hydrogen-bond donors (Lipinski definition) is 1. The highest BCUT2D eigenvalue weighted by atomic mass is 35.5. The molecule has 1 atom stereocenters. The van der Waals surface area contributed by atoms with Gasteiger partial charge in [0.1, 0.15) is 22.8 Å². The third-order valence-electron chi connectivity index (χ3n) is 2.62. The number of nitrogens with one attached hydrogen (secondary N) is 1. The van der Waals surface area contributed by atoms with E-state index in [1.54, 1.807) is 17.9 Å². The van der Waals surface area contributed by atoms with Crippen molar-refractivity contribution in [2.45, 2.75) is 33.7 Å². The van der Waals surface area contributed by atoms with Gasteiger partial charge < -0.3 is 10.2 Å². The molecule has 18 heavy (non-hydrogen) atoms. The molecule has 1 rings (SSSR count). The van der Waals surface area contributed by atoms with E-state index in [9.17, 15) is 4.79 Å². The number of amides is 1. The van der Waals surface area contributed by atoms with Crippen LogP contribution in [0, 0.1) is 6.92 Å². The minimum Gasteiger partial charge on any atom is -0.358 e. The van der Waals surface area contributed by atoms with Gasteiger partial charge in [-0.05, 0) is 27.7 Å². The molecular formula is C12H19ClN4O. The molecule has 100 valence electrons. The number of hydrogen-bond acceptors (Lipinski definition) is 4.